The van der Waals surface area contributed by atoms with Crippen molar-refractivity contribution in [1.82, 2.24) is 4.90 Å². The summed E-state index contributed by atoms with van der Waals surface area (Å²) in [5, 5.41) is 10.1. The van der Waals surface area contributed by atoms with Crippen LogP contribution in [0.1, 0.15) is 17.0 Å². The summed E-state index contributed by atoms with van der Waals surface area (Å²) in [7, 11) is -3.73. The van der Waals surface area contributed by atoms with Crippen LogP contribution in [0.2, 0.25) is 0 Å². The van der Waals surface area contributed by atoms with Gasteiger partial charge in [-0.2, -0.15) is 0 Å². The Morgan fingerprint density at radius 3 is 2.32 bits per heavy atom. The molecule has 160 valence electrons. The summed E-state index contributed by atoms with van der Waals surface area (Å²) in [6.07, 6.45) is 0. The highest BCUT2D eigenvalue weighted by atomic mass is 32.2. The van der Waals surface area contributed by atoms with Crippen molar-refractivity contribution in [2.75, 3.05) is 17.5 Å². The fourth-order valence-corrected chi connectivity index (χ4v) is 6.44. The number of rotatable bonds is 5. The summed E-state index contributed by atoms with van der Waals surface area (Å²) in [6.45, 7) is 0.798. The van der Waals surface area contributed by atoms with E-state index < -0.39 is 10.0 Å². The first-order chi connectivity index (χ1) is 15.0. The molecule has 2 aliphatic heterocycles. The van der Waals surface area contributed by atoms with Gasteiger partial charge in [-0.15, -0.1) is 0 Å². The number of benzene rings is 3. The van der Waals surface area contributed by atoms with Gasteiger partial charge in [0.25, 0.3) is 10.0 Å². The molecule has 3 aromatic carbocycles. The van der Waals surface area contributed by atoms with Crippen molar-refractivity contribution in [3.63, 3.8) is 0 Å². The second-order valence-corrected chi connectivity index (χ2v) is 9.91. The monoisotopic (exact) mass is 438 g/mol. The van der Waals surface area contributed by atoms with Crippen molar-refractivity contribution in [1.29, 1.82) is 0 Å². The van der Waals surface area contributed by atoms with Crippen LogP contribution in [0.25, 0.3) is 0 Å². The van der Waals surface area contributed by atoms with E-state index in [9.17, 15) is 17.9 Å². The lowest BCUT2D eigenvalue weighted by Gasteiger charge is -2.59. The summed E-state index contributed by atoms with van der Waals surface area (Å²) in [6, 6.07) is 22.1. The number of para-hydroxylation sites is 1. The standard InChI is InChI=1S/C24H23FN2O3S/c25-18-12-10-17(11-13-18)14-26-22-15-27(31(29,30)19-6-2-1-3-7-19)21-9-5-4-8-20(21)24(22)23(26)16-28/h1-13,22-24,28H,14-16H2/t22-,23-,24+/m1/s1. The van der Waals surface area contributed by atoms with Crippen LogP contribution in [0, 0.1) is 5.82 Å². The molecule has 0 unspecified atom stereocenters. The first kappa shape index (κ1) is 20.2. The number of nitrogens with zero attached hydrogens (tertiary/aromatic N) is 2. The minimum Gasteiger partial charge on any atom is -0.395 e. The van der Waals surface area contributed by atoms with Gasteiger partial charge >= 0.3 is 0 Å². The number of aliphatic hydroxyl groups excluding tert-OH is 1. The summed E-state index contributed by atoms with van der Waals surface area (Å²) in [5.74, 6) is -0.250. The number of halogens is 1. The first-order valence-electron chi connectivity index (χ1n) is 10.3. The quantitative estimate of drug-likeness (QED) is 0.664. The molecule has 7 heteroatoms. The molecule has 2 heterocycles. The Hall–Kier alpha value is -2.74. The molecule has 31 heavy (non-hydrogen) atoms. The summed E-state index contributed by atoms with van der Waals surface area (Å²) in [4.78, 5) is 2.38. The Morgan fingerprint density at radius 2 is 1.61 bits per heavy atom. The van der Waals surface area contributed by atoms with E-state index in [4.69, 9.17) is 0 Å². The average molecular weight is 439 g/mol. The fraction of sp³-hybridized carbons (Fsp3) is 0.250. The Balaban J connectivity index is 1.53. The zero-order valence-electron chi connectivity index (χ0n) is 16.8. The maximum atomic E-state index is 13.5. The van der Waals surface area contributed by atoms with Crippen LogP contribution in [0.3, 0.4) is 0 Å². The van der Waals surface area contributed by atoms with E-state index in [0.717, 1.165) is 11.1 Å². The van der Waals surface area contributed by atoms with E-state index in [0.29, 0.717) is 18.8 Å². The molecule has 1 saturated heterocycles. The molecule has 0 amide bonds. The third-order valence-corrected chi connectivity index (χ3v) is 8.19. The molecule has 0 bridgehead atoms. The van der Waals surface area contributed by atoms with Crippen LogP contribution in [-0.2, 0) is 16.6 Å². The maximum absolute atomic E-state index is 13.5. The molecular formula is C24H23FN2O3S. The minimum absolute atomic E-state index is 0.0257. The zero-order valence-corrected chi connectivity index (χ0v) is 17.6. The summed E-state index contributed by atoms with van der Waals surface area (Å²) in [5.41, 5.74) is 2.54. The number of fused-ring (bicyclic) bond motifs is 3. The molecule has 1 fully saturated rings. The zero-order chi connectivity index (χ0) is 21.6. The van der Waals surface area contributed by atoms with Crippen molar-refractivity contribution in [3.05, 3.63) is 95.8 Å². The Bertz CT molecular complexity index is 1180. The van der Waals surface area contributed by atoms with Gasteiger partial charge in [-0.05, 0) is 41.5 Å². The van der Waals surface area contributed by atoms with Gasteiger partial charge in [0.15, 0.2) is 0 Å². The molecule has 0 aromatic heterocycles. The third-order valence-electron chi connectivity index (χ3n) is 6.40. The smallest absolute Gasteiger partial charge is 0.264 e. The topological polar surface area (TPSA) is 60.9 Å². The van der Waals surface area contributed by atoms with Gasteiger partial charge in [0.1, 0.15) is 5.82 Å². The normalized spacial score (nSPS) is 23.0. The number of sulfonamides is 1. The molecule has 0 aliphatic carbocycles. The number of aliphatic hydroxyl groups is 1. The van der Waals surface area contributed by atoms with E-state index in [1.807, 2.05) is 24.3 Å². The molecule has 5 nitrogen and oxygen atoms in total. The molecular weight excluding hydrogens is 415 g/mol. The number of anilines is 1. The predicted molar refractivity (Wildman–Crippen MR) is 117 cm³/mol. The Kier molecular flexibility index (Phi) is 5.04. The molecule has 0 radical (unpaired) electrons. The molecule has 5 rings (SSSR count). The number of likely N-dealkylation sites (tertiary alicyclic amines) is 1. The second-order valence-electron chi connectivity index (χ2n) is 8.05. The average Bonchev–Trinajstić information content (AvgIpc) is 2.79. The van der Waals surface area contributed by atoms with E-state index in [2.05, 4.69) is 4.90 Å². The molecule has 0 spiro atoms. The molecule has 1 N–H and O–H groups in total. The van der Waals surface area contributed by atoms with Crippen LogP contribution < -0.4 is 4.31 Å². The fourth-order valence-electron chi connectivity index (χ4n) is 4.91. The Morgan fingerprint density at radius 1 is 0.935 bits per heavy atom. The van der Waals surface area contributed by atoms with Gasteiger partial charge < -0.3 is 5.11 Å². The van der Waals surface area contributed by atoms with Crippen LogP contribution >= 0.6 is 0 Å². The predicted octanol–water partition coefficient (Wildman–Crippen LogP) is 3.36. The molecule has 3 aromatic rings. The van der Waals surface area contributed by atoms with E-state index in [1.54, 1.807) is 42.5 Å². The van der Waals surface area contributed by atoms with Gasteiger partial charge in [-0.25, -0.2) is 12.8 Å². The van der Waals surface area contributed by atoms with Crippen molar-refractivity contribution in [3.8, 4) is 0 Å². The van der Waals surface area contributed by atoms with Gasteiger partial charge in [0.2, 0.25) is 0 Å². The van der Waals surface area contributed by atoms with Gasteiger partial charge in [0, 0.05) is 24.5 Å². The SMILES string of the molecule is O=S(=O)(c1ccccc1)N1C[C@@H]2[C@H](c3ccccc31)[C@@H](CO)N2Cc1ccc(F)cc1. The molecule has 3 atom stereocenters. The lowest BCUT2D eigenvalue weighted by atomic mass is 9.72. The van der Waals surface area contributed by atoms with Gasteiger partial charge in [-0.3, -0.25) is 9.21 Å². The van der Waals surface area contributed by atoms with Crippen LogP contribution in [-0.4, -0.2) is 43.7 Å². The van der Waals surface area contributed by atoms with E-state index >= 15 is 0 Å². The Labute approximate surface area is 181 Å². The van der Waals surface area contributed by atoms with Crippen LogP contribution in [0.15, 0.2) is 83.8 Å². The largest absolute Gasteiger partial charge is 0.395 e. The summed E-state index contributed by atoms with van der Waals surface area (Å²) >= 11 is 0. The van der Waals surface area contributed by atoms with Gasteiger partial charge in [-0.1, -0.05) is 48.5 Å². The number of hydrogen-bond acceptors (Lipinski definition) is 4. The maximum Gasteiger partial charge on any atom is 0.264 e. The highest BCUT2D eigenvalue weighted by molar-refractivity contribution is 7.92. The lowest BCUT2D eigenvalue weighted by molar-refractivity contribution is -0.0477. The first-order valence-corrected chi connectivity index (χ1v) is 11.7. The van der Waals surface area contributed by atoms with Crippen molar-refractivity contribution < 1.29 is 17.9 Å². The summed E-state index contributed by atoms with van der Waals surface area (Å²) < 4.78 is 41.8. The number of hydrogen-bond donors (Lipinski definition) is 1. The van der Waals surface area contributed by atoms with Crippen molar-refractivity contribution in [2.24, 2.45) is 0 Å². The van der Waals surface area contributed by atoms with E-state index in [1.165, 1.54) is 16.4 Å². The highest BCUT2D eigenvalue weighted by Gasteiger charge is 2.53. The van der Waals surface area contributed by atoms with Crippen molar-refractivity contribution in [2.45, 2.75) is 29.4 Å². The molecule has 0 saturated carbocycles. The highest BCUT2D eigenvalue weighted by Crippen LogP contribution is 2.49. The van der Waals surface area contributed by atoms with Crippen LogP contribution in [0.4, 0.5) is 10.1 Å². The van der Waals surface area contributed by atoms with E-state index in [-0.39, 0.29) is 35.3 Å². The third kappa shape index (κ3) is 3.33. The lowest BCUT2D eigenvalue weighted by Crippen LogP contribution is -2.68. The minimum atomic E-state index is -3.73. The van der Waals surface area contributed by atoms with Crippen LogP contribution in [0.5, 0.6) is 0 Å². The van der Waals surface area contributed by atoms with Crippen molar-refractivity contribution >= 4 is 15.7 Å². The molecule has 2 aliphatic rings. The second kappa shape index (κ2) is 7.75. The van der Waals surface area contributed by atoms with Gasteiger partial charge in [0.05, 0.1) is 23.7 Å².